The molecule has 0 saturated carbocycles. The lowest BCUT2D eigenvalue weighted by Gasteiger charge is -2.28. The summed E-state index contributed by atoms with van der Waals surface area (Å²) in [6.45, 7) is 2.90. The summed E-state index contributed by atoms with van der Waals surface area (Å²) in [5, 5.41) is 1.27. The van der Waals surface area contributed by atoms with Crippen molar-refractivity contribution in [1.82, 2.24) is 19.9 Å². The molecule has 1 aromatic carbocycles. The average Bonchev–Trinajstić information content (AvgIpc) is 2.96. The first-order valence-electron chi connectivity index (χ1n) is 7.14. The third kappa shape index (κ3) is 2.39. The van der Waals surface area contributed by atoms with Gasteiger partial charge in [-0.2, -0.15) is 0 Å². The van der Waals surface area contributed by atoms with Gasteiger partial charge in [0.25, 0.3) is 0 Å². The van der Waals surface area contributed by atoms with Crippen molar-refractivity contribution in [3.8, 4) is 0 Å². The van der Waals surface area contributed by atoms with E-state index < -0.39 is 0 Å². The van der Waals surface area contributed by atoms with Crippen LogP contribution in [-0.2, 0) is 19.5 Å². The van der Waals surface area contributed by atoms with Gasteiger partial charge in [0.2, 0.25) is 0 Å². The Labute approximate surface area is 127 Å². The Morgan fingerprint density at radius 3 is 3.19 bits per heavy atom. The highest BCUT2D eigenvalue weighted by molar-refractivity contribution is 7.71. The van der Waals surface area contributed by atoms with Crippen molar-refractivity contribution in [3.63, 3.8) is 0 Å². The van der Waals surface area contributed by atoms with Crippen LogP contribution in [0.3, 0.4) is 0 Å². The largest absolute Gasteiger partial charge is 0.361 e. The van der Waals surface area contributed by atoms with Gasteiger partial charge in [-0.05, 0) is 41.2 Å². The zero-order valence-corrected chi connectivity index (χ0v) is 12.4. The second kappa shape index (κ2) is 5.09. The van der Waals surface area contributed by atoms with Crippen LogP contribution in [0, 0.1) is 4.77 Å². The van der Waals surface area contributed by atoms with E-state index >= 15 is 0 Å². The number of aromatic nitrogens is 3. The molecule has 0 aliphatic carbocycles. The molecule has 0 fully saturated rings. The molecule has 2 aromatic heterocycles. The minimum atomic E-state index is 0.571. The number of fused-ring (bicyclic) bond motifs is 2. The van der Waals surface area contributed by atoms with Gasteiger partial charge < -0.3 is 9.97 Å². The molecular formula is C16H16N4S. The first-order valence-corrected chi connectivity index (χ1v) is 7.55. The van der Waals surface area contributed by atoms with Crippen molar-refractivity contribution in [2.75, 3.05) is 6.54 Å². The summed E-state index contributed by atoms with van der Waals surface area (Å²) in [4.78, 5) is 13.2. The highest BCUT2D eigenvalue weighted by Gasteiger charge is 2.17. The molecule has 1 aliphatic heterocycles. The van der Waals surface area contributed by atoms with E-state index in [0.29, 0.717) is 4.77 Å². The SMILES string of the molecule is S=c1ncc2c([nH]1)CN(Cc1cccc3cc[nH]c13)CC2. The molecule has 4 rings (SSSR count). The van der Waals surface area contributed by atoms with Gasteiger partial charge in [-0.25, -0.2) is 4.98 Å². The maximum Gasteiger partial charge on any atom is 0.196 e. The van der Waals surface area contributed by atoms with Gasteiger partial charge in [0.15, 0.2) is 4.77 Å². The molecule has 2 N–H and O–H groups in total. The number of nitrogens with zero attached hydrogens (tertiary/aromatic N) is 2. The number of para-hydroxylation sites is 1. The van der Waals surface area contributed by atoms with Crippen LogP contribution in [-0.4, -0.2) is 26.4 Å². The number of hydrogen-bond acceptors (Lipinski definition) is 3. The molecule has 5 heteroatoms. The average molecular weight is 296 g/mol. The fourth-order valence-corrected chi connectivity index (χ4v) is 3.23. The van der Waals surface area contributed by atoms with Crippen LogP contribution in [0.5, 0.6) is 0 Å². The van der Waals surface area contributed by atoms with Gasteiger partial charge in [0.05, 0.1) is 0 Å². The summed E-state index contributed by atoms with van der Waals surface area (Å²) in [7, 11) is 0. The molecule has 0 atom stereocenters. The van der Waals surface area contributed by atoms with Crippen molar-refractivity contribution in [3.05, 3.63) is 58.3 Å². The van der Waals surface area contributed by atoms with Gasteiger partial charge >= 0.3 is 0 Å². The lowest BCUT2D eigenvalue weighted by atomic mass is 10.1. The molecular weight excluding hydrogens is 280 g/mol. The zero-order chi connectivity index (χ0) is 14.2. The van der Waals surface area contributed by atoms with E-state index in [4.69, 9.17) is 12.2 Å². The monoisotopic (exact) mass is 296 g/mol. The van der Waals surface area contributed by atoms with E-state index in [9.17, 15) is 0 Å². The molecule has 0 amide bonds. The van der Waals surface area contributed by atoms with E-state index in [1.165, 1.54) is 27.7 Å². The number of benzene rings is 1. The first kappa shape index (κ1) is 12.7. The Bertz CT molecular complexity index is 849. The molecule has 0 spiro atoms. The molecule has 4 nitrogen and oxygen atoms in total. The summed E-state index contributed by atoms with van der Waals surface area (Å²) in [5.74, 6) is 0. The van der Waals surface area contributed by atoms with Crippen molar-refractivity contribution in [2.24, 2.45) is 0 Å². The minimum Gasteiger partial charge on any atom is -0.361 e. The predicted molar refractivity (Wildman–Crippen MR) is 85.5 cm³/mol. The molecule has 0 saturated heterocycles. The Kier molecular flexibility index (Phi) is 3.09. The molecule has 21 heavy (non-hydrogen) atoms. The summed E-state index contributed by atoms with van der Waals surface area (Å²) in [5.41, 5.74) is 5.08. The van der Waals surface area contributed by atoms with Crippen LogP contribution in [0.1, 0.15) is 16.8 Å². The van der Waals surface area contributed by atoms with Crippen LogP contribution in [0.15, 0.2) is 36.7 Å². The second-order valence-electron chi connectivity index (χ2n) is 5.51. The van der Waals surface area contributed by atoms with Gasteiger partial charge in [-0.15, -0.1) is 0 Å². The number of rotatable bonds is 2. The number of aromatic amines is 2. The summed E-state index contributed by atoms with van der Waals surface area (Å²) >= 11 is 5.13. The summed E-state index contributed by atoms with van der Waals surface area (Å²) in [6, 6.07) is 8.58. The molecule has 3 heterocycles. The van der Waals surface area contributed by atoms with E-state index in [-0.39, 0.29) is 0 Å². The molecule has 3 aromatic rings. The Balaban J connectivity index is 1.61. The molecule has 0 radical (unpaired) electrons. The topological polar surface area (TPSA) is 47.7 Å². The van der Waals surface area contributed by atoms with Gasteiger partial charge in [-0.1, -0.05) is 18.2 Å². The van der Waals surface area contributed by atoms with Crippen LogP contribution in [0.2, 0.25) is 0 Å². The van der Waals surface area contributed by atoms with E-state index in [0.717, 1.165) is 26.1 Å². The van der Waals surface area contributed by atoms with E-state index in [1.807, 2.05) is 12.4 Å². The summed E-state index contributed by atoms with van der Waals surface area (Å²) < 4.78 is 0.571. The number of nitrogens with one attached hydrogen (secondary N) is 2. The quantitative estimate of drug-likeness (QED) is 0.714. The normalized spacial score (nSPS) is 15.2. The number of hydrogen-bond donors (Lipinski definition) is 2. The molecule has 1 aliphatic rings. The lowest BCUT2D eigenvalue weighted by molar-refractivity contribution is 0.241. The molecule has 106 valence electrons. The Morgan fingerprint density at radius 1 is 1.29 bits per heavy atom. The Morgan fingerprint density at radius 2 is 2.24 bits per heavy atom. The number of H-pyrrole nitrogens is 2. The van der Waals surface area contributed by atoms with Gasteiger partial charge in [-0.3, -0.25) is 4.90 Å². The van der Waals surface area contributed by atoms with Crippen molar-refractivity contribution in [2.45, 2.75) is 19.5 Å². The van der Waals surface area contributed by atoms with E-state index in [2.05, 4.69) is 44.1 Å². The third-order valence-electron chi connectivity index (χ3n) is 4.13. The fraction of sp³-hybridized carbons (Fsp3) is 0.250. The highest BCUT2D eigenvalue weighted by Crippen LogP contribution is 2.22. The minimum absolute atomic E-state index is 0.571. The van der Waals surface area contributed by atoms with E-state index in [1.54, 1.807) is 0 Å². The molecule has 0 bridgehead atoms. The first-order chi connectivity index (χ1) is 10.3. The zero-order valence-electron chi connectivity index (χ0n) is 11.6. The van der Waals surface area contributed by atoms with Gasteiger partial charge in [0, 0.05) is 43.2 Å². The maximum absolute atomic E-state index is 5.13. The van der Waals surface area contributed by atoms with Crippen LogP contribution in [0.25, 0.3) is 10.9 Å². The van der Waals surface area contributed by atoms with Crippen LogP contribution in [0.4, 0.5) is 0 Å². The van der Waals surface area contributed by atoms with Gasteiger partial charge in [0.1, 0.15) is 0 Å². The predicted octanol–water partition coefficient (Wildman–Crippen LogP) is 3.18. The lowest BCUT2D eigenvalue weighted by Crippen LogP contribution is -2.31. The Hall–Kier alpha value is -1.98. The maximum atomic E-state index is 5.13. The van der Waals surface area contributed by atoms with Crippen LogP contribution < -0.4 is 0 Å². The third-order valence-corrected chi connectivity index (χ3v) is 4.34. The second-order valence-corrected chi connectivity index (χ2v) is 5.90. The molecule has 0 unspecified atom stereocenters. The smallest absolute Gasteiger partial charge is 0.196 e. The van der Waals surface area contributed by atoms with Crippen molar-refractivity contribution >= 4 is 23.1 Å². The summed E-state index contributed by atoms with van der Waals surface area (Å²) in [6.07, 6.45) is 4.94. The van der Waals surface area contributed by atoms with Crippen molar-refractivity contribution in [1.29, 1.82) is 0 Å². The van der Waals surface area contributed by atoms with Crippen LogP contribution >= 0.6 is 12.2 Å². The highest BCUT2D eigenvalue weighted by atomic mass is 32.1. The fourth-order valence-electron chi connectivity index (χ4n) is 3.05. The van der Waals surface area contributed by atoms with Crippen molar-refractivity contribution < 1.29 is 0 Å². The standard InChI is InChI=1S/C16H16N4S/c21-16-18-8-12-5-7-20(10-14(12)19-16)9-13-3-1-2-11-4-6-17-15(11)13/h1-4,6,8,17H,5,7,9-10H2,(H,18,19,21).